The smallest absolute Gasteiger partial charge is 0.261 e. The minimum absolute atomic E-state index is 0.0971. The summed E-state index contributed by atoms with van der Waals surface area (Å²) in [7, 11) is 0. The molecule has 1 N–H and O–H groups in total. The van der Waals surface area contributed by atoms with Gasteiger partial charge in [0.2, 0.25) is 5.91 Å². The van der Waals surface area contributed by atoms with Crippen LogP contribution in [-0.2, 0) is 30.8 Å². The van der Waals surface area contributed by atoms with Gasteiger partial charge < -0.3 is 5.32 Å². The number of aromatic nitrogens is 3. The molecule has 32 heavy (non-hydrogen) atoms. The number of nitrogens with zero attached hydrogens (tertiary/aromatic N) is 4. The highest BCUT2D eigenvalue weighted by Gasteiger charge is 2.21. The molecule has 1 amide bonds. The van der Waals surface area contributed by atoms with Gasteiger partial charge >= 0.3 is 0 Å². The fourth-order valence-corrected chi connectivity index (χ4v) is 5.11. The van der Waals surface area contributed by atoms with Gasteiger partial charge in [0, 0.05) is 30.9 Å². The van der Waals surface area contributed by atoms with Crippen LogP contribution in [0.5, 0.6) is 0 Å². The Balaban J connectivity index is 1.26. The number of hydrogen-bond acceptors (Lipinski definition) is 6. The van der Waals surface area contributed by atoms with Crippen molar-refractivity contribution in [1.29, 1.82) is 0 Å². The second-order valence-electron chi connectivity index (χ2n) is 8.03. The maximum atomic E-state index is 12.7. The first-order chi connectivity index (χ1) is 15.6. The summed E-state index contributed by atoms with van der Waals surface area (Å²) < 4.78 is 1.34. The number of para-hydroxylation sites is 1. The number of hydrogen-bond donors (Lipinski definition) is 1. The van der Waals surface area contributed by atoms with Crippen LogP contribution < -0.4 is 10.9 Å². The van der Waals surface area contributed by atoms with E-state index in [-0.39, 0.29) is 18.0 Å². The molecule has 1 aliphatic heterocycles. The van der Waals surface area contributed by atoms with Gasteiger partial charge in [-0.25, -0.2) is 9.97 Å². The molecule has 0 radical (unpaired) electrons. The molecule has 0 bridgehead atoms. The predicted molar refractivity (Wildman–Crippen MR) is 126 cm³/mol. The molecule has 0 spiro atoms. The van der Waals surface area contributed by atoms with Crippen LogP contribution in [0.1, 0.15) is 21.7 Å². The van der Waals surface area contributed by atoms with E-state index in [1.54, 1.807) is 6.07 Å². The van der Waals surface area contributed by atoms with E-state index in [1.807, 2.05) is 25.1 Å². The van der Waals surface area contributed by atoms with Crippen molar-refractivity contribution in [2.24, 2.45) is 0 Å². The van der Waals surface area contributed by atoms with E-state index in [0.29, 0.717) is 16.0 Å². The summed E-state index contributed by atoms with van der Waals surface area (Å²) in [5, 5.41) is 3.96. The zero-order chi connectivity index (χ0) is 22.1. The van der Waals surface area contributed by atoms with Crippen LogP contribution in [0.3, 0.4) is 0 Å². The Hall–Kier alpha value is -3.36. The number of carbonyl (C=O) groups excluding carboxylic acids is 1. The molecule has 7 nitrogen and oxygen atoms in total. The molecular formula is C24H23N5O2S. The van der Waals surface area contributed by atoms with Crippen LogP contribution in [0, 0.1) is 6.92 Å². The van der Waals surface area contributed by atoms with Crippen molar-refractivity contribution in [2.45, 2.75) is 33.0 Å². The fourth-order valence-electron chi connectivity index (χ4n) is 4.04. The van der Waals surface area contributed by atoms with E-state index < -0.39 is 0 Å². The molecule has 162 valence electrons. The number of benzene rings is 2. The molecule has 2 aromatic carbocycles. The lowest BCUT2D eigenvalue weighted by Gasteiger charge is -2.25. The third-order valence-corrected chi connectivity index (χ3v) is 6.67. The number of anilines is 1. The second-order valence-corrected chi connectivity index (χ2v) is 9.12. The SMILES string of the molecule is Cc1cccc2c(=O)n(CC(=O)Nc3nc4c(s3)CN(Cc3ccccc3)CC4)cnc12. The van der Waals surface area contributed by atoms with E-state index in [0.717, 1.165) is 37.3 Å². The summed E-state index contributed by atoms with van der Waals surface area (Å²) in [6.45, 7) is 4.48. The summed E-state index contributed by atoms with van der Waals surface area (Å²) in [5.41, 5.74) is 3.73. The van der Waals surface area contributed by atoms with Crippen LogP contribution in [0.25, 0.3) is 10.9 Å². The van der Waals surface area contributed by atoms with Crippen molar-refractivity contribution in [3.05, 3.63) is 86.9 Å². The van der Waals surface area contributed by atoms with Gasteiger partial charge in [-0.1, -0.05) is 42.5 Å². The average Bonchev–Trinajstić information content (AvgIpc) is 3.18. The molecule has 0 saturated heterocycles. The largest absolute Gasteiger partial charge is 0.300 e. The third-order valence-electron chi connectivity index (χ3n) is 5.67. The highest BCUT2D eigenvalue weighted by Crippen LogP contribution is 2.29. The number of thiazole rings is 1. The summed E-state index contributed by atoms with van der Waals surface area (Å²) in [5.74, 6) is -0.284. The number of amides is 1. The van der Waals surface area contributed by atoms with Crippen molar-refractivity contribution in [1.82, 2.24) is 19.4 Å². The molecule has 5 rings (SSSR count). The number of fused-ring (bicyclic) bond motifs is 2. The maximum absolute atomic E-state index is 12.7. The fraction of sp³-hybridized carbons (Fsp3) is 0.250. The highest BCUT2D eigenvalue weighted by atomic mass is 32.1. The highest BCUT2D eigenvalue weighted by molar-refractivity contribution is 7.15. The lowest BCUT2D eigenvalue weighted by molar-refractivity contribution is -0.116. The van der Waals surface area contributed by atoms with Gasteiger partial charge in [0.25, 0.3) is 5.56 Å². The first kappa shape index (κ1) is 20.5. The molecule has 8 heteroatoms. The minimum Gasteiger partial charge on any atom is -0.300 e. The van der Waals surface area contributed by atoms with Crippen LogP contribution in [-0.4, -0.2) is 31.9 Å². The Morgan fingerprint density at radius 2 is 2.00 bits per heavy atom. The Morgan fingerprint density at radius 1 is 1.16 bits per heavy atom. The lowest BCUT2D eigenvalue weighted by Crippen LogP contribution is -2.29. The molecule has 0 atom stereocenters. The first-order valence-corrected chi connectivity index (χ1v) is 11.4. The molecule has 1 aliphatic rings. The molecule has 3 heterocycles. The van der Waals surface area contributed by atoms with E-state index in [9.17, 15) is 9.59 Å². The van der Waals surface area contributed by atoms with Gasteiger partial charge in [-0.3, -0.25) is 19.1 Å². The van der Waals surface area contributed by atoms with Gasteiger partial charge in [-0.05, 0) is 24.1 Å². The Kier molecular flexibility index (Phi) is 5.55. The molecule has 0 fully saturated rings. The number of rotatable bonds is 5. The van der Waals surface area contributed by atoms with E-state index in [1.165, 1.54) is 32.7 Å². The third kappa shape index (κ3) is 4.19. The summed E-state index contributed by atoms with van der Waals surface area (Å²) in [6.07, 6.45) is 2.30. The number of carbonyl (C=O) groups is 1. The van der Waals surface area contributed by atoms with Crippen LogP contribution in [0.4, 0.5) is 5.13 Å². The van der Waals surface area contributed by atoms with Crippen molar-refractivity contribution < 1.29 is 4.79 Å². The second kappa shape index (κ2) is 8.64. The van der Waals surface area contributed by atoms with Gasteiger partial charge in [-0.2, -0.15) is 0 Å². The van der Waals surface area contributed by atoms with Gasteiger partial charge in [-0.15, -0.1) is 11.3 Å². The van der Waals surface area contributed by atoms with Crippen molar-refractivity contribution >= 4 is 33.3 Å². The Labute approximate surface area is 189 Å². The minimum atomic E-state index is -0.284. The maximum Gasteiger partial charge on any atom is 0.261 e. The molecule has 0 aliphatic carbocycles. The van der Waals surface area contributed by atoms with Gasteiger partial charge in [0.15, 0.2) is 5.13 Å². The average molecular weight is 446 g/mol. The van der Waals surface area contributed by atoms with Crippen molar-refractivity contribution in [3.63, 3.8) is 0 Å². The topological polar surface area (TPSA) is 80.1 Å². The van der Waals surface area contributed by atoms with Gasteiger partial charge in [0.1, 0.15) is 6.54 Å². The normalized spacial score (nSPS) is 13.8. The van der Waals surface area contributed by atoms with Crippen molar-refractivity contribution in [2.75, 3.05) is 11.9 Å². The summed E-state index contributed by atoms with van der Waals surface area (Å²) in [6, 6.07) is 15.9. The molecule has 0 saturated carbocycles. The standard InChI is InChI=1S/C24H23N5O2S/c1-16-6-5-9-18-22(16)25-15-29(23(18)31)14-21(30)27-24-26-19-10-11-28(13-20(19)32-24)12-17-7-3-2-4-8-17/h2-9,15H,10-14H2,1H3,(H,26,27,30). The predicted octanol–water partition coefficient (Wildman–Crippen LogP) is 3.36. The quantitative estimate of drug-likeness (QED) is 0.510. The zero-order valence-electron chi connectivity index (χ0n) is 17.7. The molecule has 0 unspecified atom stereocenters. The molecular weight excluding hydrogens is 422 g/mol. The number of aryl methyl sites for hydroxylation is 1. The van der Waals surface area contributed by atoms with E-state index in [2.05, 4.69) is 44.5 Å². The van der Waals surface area contributed by atoms with E-state index >= 15 is 0 Å². The number of nitrogens with one attached hydrogen (secondary N) is 1. The lowest BCUT2D eigenvalue weighted by atomic mass is 10.1. The monoisotopic (exact) mass is 445 g/mol. The van der Waals surface area contributed by atoms with Crippen LogP contribution >= 0.6 is 11.3 Å². The van der Waals surface area contributed by atoms with Crippen LogP contribution in [0.2, 0.25) is 0 Å². The Morgan fingerprint density at radius 3 is 2.84 bits per heavy atom. The summed E-state index contributed by atoms with van der Waals surface area (Å²) in [4.78, 5) is 37.9. The molecule has 2 aromatic heterocycles. The van der Waals surface area contributed by atoms with Crippen molar-refractivity contribution in [3.8, 4) is 0 Å². The molecule has 4 aromatic rings. The van der Waals surface area contributed by atoms with E-state index in [4.69, 9.17) is 0 Å². The van der Waals surface area contributed by atoms with Crippen LogP contribution in [0.15, 0.2) is 59.7 Å². The van der Waals surface area contributed by atoms with Gasteiger partial charge in [0.05, 0.1) is 22.9 Å². The first-order valence-electron chi connectivity index (χ1n) is 10.6. The Bertz CT molecular complexity index is 1350. The zero-order valence-corrected chi connectivity index (χ0v) is 18.6. The summed E-state index contributed by atoms with van der Waals surface area (Å²) >= 11 is 1.51.